The Kier molecular flexibility index (Phi) is 4.49. The maximum Gasteiger partial charge on any atom is 0.389 e. The standard InChI is InChI=1S/C14H12F4N4O4S/c15-12-8(9-5-7(19-20-9)3-4-14(16,17)18)1-2-10(23)13(12)22-6-11(24)21-27(22,25)26/h1-2,5,23H,3-4,6H2,(H,19,20)(H,21,24). The molecular formula is C14H12F4N4O4S. The van der Waals surface area contributed by atoms with E-state index in [9.17, 15) is 35.9 Å². The van der Waals surface area contributed by atoms with Gasteiger partial charge in [0.15, 0.2) is 5.82 Å². The molecule has 8 nitrogen and oxygen atoms in total. The predicted molar refractivity (Wildman–Crippen MR) is 84.4 cm³/mol. The van der Waals surface area contributed by atoms with Gasteiger partial charge in [0.25, 0.3) is 5.91 Å². The molecule has 146 valence electrons. The molecule has 1 fully saturated rings. The van der Waals surface area contributed by atoms with Crippen molar-refractivity contribution in [1.82, 2.24) is 14.9 Å². The topological polar surface area (TPSA) is 115 Å². The van der Waals surface area contributed by atoms with Crippen LogP contribution >= 0.6 is 0 Å². The number of hydrogen-bond donors (Lipinski definition) is 3. The molecule has 3 rings (SSSR count). The van der Waals surface area contributed by atoms with Crippen molar-refractivity contribution >= 4 is 21.8 Å². The number of aromatic amines is 1. The molecule has 1 aromatic heterocycles. The van der Waals surface area contributed by atoms with E-state index in [0.717, 1.165) is 12.1 Å². The van der Waals surface area contributed by atoms with Crippen LogP contribution < -0.4 is 9.03 Å². The van der Waals surface area contributed by atoms with Crippen molar-refractivity contribution in [3.63, 3.8) is 0 Å². The summed E-state index contributed by atoms with van der Waals surface area (Å²) in [7, 11) is -4.37. The van der Waals surface area contributed by atoms with Gasteiger partial charge in [-0.25, -0.2) is 13.4 Å². The molecule has 0 aliphatic carbocycles. The minimum Gasteiger partial charge on any atom is -0.506 e. The number of alkyl halides is 3. The third-order valence-corrected chi connectivity index (χ3v) is 5.13. The molecular weight excluding hydrogens is 396 g/mol. The SMILES string of the molecule is O=C1CN(c2c(O)ccc(-c3cc(CCC(F)(F)F)[nH]n3)c2F)S(=O)(=O)N1. The molecule has 3 N–H and O–H groups in total. The number of carbonyl (C=O) groups excluding carboxylic acids is 1. The van der Waals surface area contributed by atoms with Crippen molar-refractivity contribution in [2.75, 3.05) is 10.8 Å². The van der Waals surface area contributed by atoms with Crippen LogP contribution in [0.25, 0.3) is 11.3 Å². The highest BCUT2D eigenvalue weighted by molar-refractivity contribution is 7.92. The van der Waals surface area contributed by atoms with Crippen molar-refractivity contribution < 1.29 is 35.9 Å². The molecule has 1 aliphatic rings. The van der Waals surface area contributed by atoms with Gasteiger partial charge in [-0.15, -0.1) is 0 Å². The van der Waals surface area contributed by atoms with E-state index in [2.05, 4.69) is 10.2 Å². The molecule has 0 spiro atoms. The number of amides is 1. The number of carbonyl (C=O) groups is 1. The fourth-order valence-electron chi connectivity index (χ4n) is 2.54. The van der Waals surface area contributed by atoms with Gasteiger partial charge in [0, 0.05) is 17.7 Å². The molecule has 13 heteroatoms. The first-order valence-electron chi connectivity index (χ1n) is 7.44. The third-order valence-electron chi connectivity index (χ3n) is 3.75. The average Bonchev–Trinajstić information content (AvgIpc) is 3.09. The van der Waals surface area contributed by atoms with Crippen molar-refractivity contribution in [3.05, 3.63) is 29.7 Å². The number of phenolic OH excluding ortho intramolecular Hbond substituents is 1. The Morgan fingerprint density at radius 1 is 1.30 bits per heavy atom. The van der Waals surface area contributed by atoms with Gasteiger partial charge in [0.05, 0.1) is 5.69 Å². The quantitative estimate of drug-likeness (QED) is 0.665. The highest BCUT2D eigenvalue weighted by Gasteiger charge is 2.38. The lowest BCUT2D eigenvalue weighted by molar-refractivity contribution is -0.134. The summed E-state index contributed by atoms with van der Waals surface area (Å²) in [6.07, 6.45) is -5.87. The van der Waals surface area contributed by atoms with Crippen LogP contribution in [0.5, 0.6) is 5.75 Å². The number of benzene rings is 1. The maximum absolute atomic E-state index is 14.9. The largest absolute Gasteiger partial charge is 0.506 e. The number of rotatable bonds is 4. The van der Waals surface area contributed by atoms with E-state index in [4.69, 9.17) is 0 Å². The number of H-pyrrole nitrogens is 1. The number of aromatic nitrogens is 2. The lowest BCUT2D eigenvalue weighted by atomic mass is 10.1. The first-order valence-corrected chi connectivity index (χ1v) is 8.88. The van der Waals surface area contributed by atoms with Crippen LogP contribution in [0.2, 0.25) is 0 Å². The Morgan fingerprint density at radius 3 is 2.59 bits per heavy atom. The second-order valence-corrected chi connectivity index (χ2v) is 7.32. The number of aryl methyl sites for hydroxylation is 1. The molecule has 1 aliphatic heterocycles. The van der Waals surface area contributed by atoms with Crippen LogP contribution in [0.4, 0.5) is 23.2 Å². The summed E-state index contributed by atoms with van der Waals surface area (Å²) in [4.78, 5) is 11.3. The summed E-state index contributed by atoms with van der Waals surface area (Å²) in [5, 5.41) is 16.0. The Hall–Kier alpha value is -2.83. The van der Waals surface area contributed by atoms with Gasteiger partial charge in [0.1, 0.15) is 18.0 Å². The second kappa shape index (κ2) is 6.40. The Balaban J connectivity index is 1.97. The second-order valence-electron chi connectivity index (χ2n) is 5.73. The average molecular weight is 408 g/mol. The molecule has 0 atom stereocenters. The monoisotopic (exact) mass is 408 g/mol. The highest BCUT2D eigenvalue weighted by atomic mass is 32.2. The van der Waals surface area contributed by atoms with E-state index in [0.29, 0.717) is 4.31 Å². The molecule has 0 radical (unpaired) electrons. The molecule has 0 bridgehead atoms. The molecule has 1 aromatic carbocycles. The maximum atomic E-state index is 14.9. The van der Waals surface area contributed by atoms with E-state index in [-0.39, 0.29) is 17.0 Å². The Labute approximate surface area is 150 Å². The number of anilines is 1. The van der Waals surface area contributed by atoms with Crippen LogP contribution in [0.1, 0.15) is 12.1 Å². The molecule has 1 amide bonds. The summed E-state index contributed by atoms with van der Waals surface area (Å²) >= 11 is 0. The molecule has 2 heterocycles. The van der Waals surface area contributed by atoms with Crippen molar-refractivity contribution in [3.8, 4) is 17.0 Å². The minimum absolute atomic E-state index is 0.0817. The van der Waals surface area contributed by atoms with Gasteiger partial charge in [-0.3, -0.25) is 9.89 Å². The zero-order valence-corrected chi connectivity index (χ0v) is 14.2. The normalized spacial score (nSPS) is 16.6. The fraction of sp³-hybridized carbons (Fsp3) is 0.286. The van der Waals surface area contributed by atoms with Gasteiger partial charge >= 0.3 is 16.4 Å². The van der Waals surface area contributed by atoms with Crippen LogP contribution in [-0.2, 0) is 21.4 Å². The smallest absolute Gasteiger partial charge is 0.389 e. The van der Waals surface area contributed by atoms with E-state index in [1.54, 1.807) is 4.72 Å². The number of phenols is 1. The number of nitrogens with one attached hydrogen (secondary N) is 2. The van der Waals surface area contributed by atoms with Crippen molar-refractivity contribution in [2.45, 2.75) is 19.0 Å². The van der Waals surface area contributed by atoms with Gasteiger partial charge in [-0.2, -0.15) is 26.7 Å². The van der Waals surface area contributed by atoms with E-state index >= 15 is 0 Å². The first kappa shape index (κ1) is 18.9. The molecule has 1 saturated heterocycles. The van der Waals surface area contributed by atoms with Crippen molar-refractivity contribution in [2.24, 2.45) is 0 Å². The summed E-state index contributed by atoms with van der Waals surface area (Å²) in [5.74, 6) is -2.83. The summed E-state index contributed by atoms with van der Waals surface area (Å²) in [6.45, 7) is -0.729. The van der Waals surface area contributed by atoms with Gasteiger partial charge in [-0.1, -0.05) is 0 Å². The van der Waals surface area contributed by atoms with E-state index in [1.165, 1.54) is 6.07 Å². The molecule has 0 saturated carbocycles. The van der Waals surface area contributed by atoms with Crippen molar-refractivity contribution in [1.29, 1.82) is 0 Å². The number of halogens is 4. The molecule has 27 heavy (non-hydrogen) atoms. The summed E-state index contributed by atoms with van der Waals surface area (Å²) in [6, 6.07) is 3.28. The lowest BCUT2D eigenvalue weighted by Crippen LogP contribution is -2.30. The van der Waals surface area contributed by atoms with Crippen LogP contribution in [0.15, 0.2) is 18.2 Å². The first-order chi connectivity index (χ1) is 12.5. The van der Waals surface area contributed by atoms with E-state index in [1.807, 2.05) is 0 Å². The zero-order valence-electron chi connectivity index (χ0n) is 13.3. The van der Waals surface area contributed by atoms with Gasteiger partial charge in [0.2, 0.25) is 0 Å². The number of aromatic hydroxyl groups is 1. The predicted octanol–water partition coefficient (Wildman–Crippen LogP) is 1.60. The Bertz CT molecular complexity index is 1000. The summed E-state index contributed by atoms with van der Waals surface area (Å²) in [5.41, 5.74) is -0.999. The molecule has 0 unspecified atom stereocenters. The summed E-state index contributed by atoms with van der Waals surface area (Å²) < 4.78 is 77.6. The van der Waals surface area contributed by atoms with Crippen LogP contribution in [0, 0.1) is 5.82 Å². The lowest BCUT2D eigenvalue weighted by Gasteiger charge is -2.18. The number of nitrogens with zero attached hydrogens (tertiary/aromatic N) is 2. The third kappa shape index (κ3) is 3.82. The van der Waals surface area contributed by atoms with Gasteiger partial charge in [-0.05, 0) is 24.6 Å². The van der Waals surface area contributed by atoms with Crippen LogP contribution in [0.3, 0.4) is 0 Å². The highest BCUT2D eigenvalue weighted by Crippen LogP contribution is 2.38. The fourth-order valence-corrected chi connectivity index (χ4v) is 3.70. The number of hydrogen-bond acceptors (Lipinski definition) is 5. The zero-order chi connectivity index (χ0) is 20.0. The van der Waals surface area contributed by atoms with E-state index < -0.39 is 58.9 Å². The minimum atomic E-state index is -4.37. The molecule has 2 aromatic rings. The Morgan fingerprint density at radius 2 is 2.00 bits per heavy atom. The van der Waals surface area contributed by atoms with Gasteiger partial charge < -0.3 is 5.11 Å². The van der Waals surface area contributed by atoms with Crippen LogP contribution in [-0.4, -0.2) is 42.3 Å².